The van der Waals surface area contributed by atoms with Crippen molar-refractivity contribution in [3.8, 4) is 17.2 Å². The van der Waals surface area contributed by atoms with Crippen LogP contribution < -0.4 is 10.1 Å². The van der Waals surface area contributed by atoms with E-state index in [0.717, 1.165) is 5.69 Å². The smallest absolute Gasteiger partial charge is 0.145 e. The average molecular weight is 370 g/mol. The lowest BCUT2D eigenvalue weighted by molar-refractivity contribution is 0.415. The molecule has 6 nitrogen and oxygen atoms in total. The van der Waals surface area contributed by atoms with Crippen LogP contribution in [0.2, 0.25) is 5.02 Å². The molecule has 3 aromatic carbocycles. The molecule has 7 heteroatoms. The van der Waals surface area contributed by atoms with E-state index in [-0.39, 0.29) is 17.2 Å². The van der Waals surface area contributed by atoms with Crippen LogP contribution >= 0.6 is 11.6 Å². The Morgan fingerprint density at radius 1 is 0.885 bits per heavy atom. The van der Waals surface area contributed by atoms with Gasteiger partial charge in [-0.2, -0.15) is 5.11 Å². The molecule has 0 unspecified atom stereocenters. The van der Waals surface area contributed by atoms with E-state index in [1.54, 1.807) is 55.6 Å². The molecule has 0 saturated carbocycles. The molecule has 0 aliphatic rings. The number of hydrogen-bond donors (Lipinski definition) is 3. The van der Waals surface area contributed by atoms with Crippen LogP contribution in [0.4, 0.5) is 22.7 Å². The summed E-state index contributed by atoms with van der Waals surface area (Å²) in [4.78, 5) is 0. The molecule has 0 aromatic heterocycles. The van der Waals surface area contributed by atoms with E-state index in [0.29, 0.717) is 22.1 Å². The van der Waals surface area contributed by atoms with Crippen molar-refractivity contribution in [2.24, 2.45) is 10.2 Å². The third kappa shape index (κ3) is 4.23. The summed E-state index contributed by atoms with van der Waals surface area (Å²) in [5.74, 6) is 0.528. The molecule has 3 rings (SSSR count). The molecule has 26 heavy (non-hydrogen) atoms. The van der Waals surface area contributed by atoms with Gasteiger partial charge in [0.2, 0.25) is 0 Å². The Kier molecular flexibility index (Phi) is 5.24. The number of phenolic OH excluding ortho intramolecular Hbond substituents is 2. The van der Waals surface area contributed by atoms with E-state index >= 15 is 0 Å². The first-order valence-electron chi connectivity index (χ1n) is 7.69. The number of rotatable bonds is 5. The summed E-state index contributed by atoms with van der Waals surface area (Å²) in [6, 6.07) is 16.6. The van der Waals surface area contributed by atoms with Gasteiger partial charge >= 0.3 is 0 Å². The summed E-state index contributed by atoms with van der Waals surface area (Å²) in [6.45, 7) is 0. The summed E-state index contributed by atoms with van der Waals surface area (Å²) in [7, 11) is 1.58. The number of benzene rings is 3. The van der Waals surface area contributed by atoms with Gasteiger partial charge in [0.05, 0.1) is 18.5 Å². The van der Waals surface area contributed by atoms with Gasteiger partial charge in [0.15, 0.2) is 0 Å². The molecule has 0 spiro atoms. The van der Waals surface area contributed by atoms with Gasteiger partial charge in [-0.1, -0.05) is 11.6 Å². The highest BCUT2D eigenvalue weighted by Crippen LogP contribution is 2.38. The standard InChI is InChI=1S/C19H16ClN3O3/c1-26-15-8-6-14(7-9-15)22-23-17-11-18(24)16(10-19(17)25)21-13-4-2-12(20)3-5-13/h2-11,21,24-25H,1H3. The quantitative estimate of drug-likeness (QED) is 0.296. The Labute approximate surface area is 155 Å². The van der Waals surface area contributed by atoms with Crippen molar-refractivity contribution < 1.29 is 14.9 Å². The number of nitrogens with one attached hydrogen (secondary N) is 1. The van der Waals surface area contributed by atoms with Crippen LogP contribution in [0.5, 0.6) is 17.2 Å². The Morgan fingerprint density at radius 3 is 2.23 bits per heavy atom. The molecule has 0 radical (unpaired) electrons. The van der Waals surface area contributed by atoms with Crippen molar-refractivity contribution >= 4 is 34.4 Å². The lowest BCUT2D eigenvalue weighted by Crippen LogP contribution is -1.90. The number of hydrogen-bond acceptors (Lipinski definition) is 6. The molecule has 3 aromatic rings. The van der Waals surface area contributed by atoms with Gasteiger partial charge in [-0.25, -0.2) is 0 Å². The predicted molar refractivity (Wildman–Crippen MR) is 102 cm³/mol. The first-order valence-corrected chi connectivity index (χ1v) is 8.07. The second-order valence-electron chi connectivity index (χ2n) is 5.39. The van der Waals surface area contributed by atoms with Gasteiger partial charge in [-0.15, -0.1) is 5.11 Å². The van der Waals surface area contributed by atoms with Crippen LogP contribution in [0.3, 0.4) is 0 Å². The third-order valence-corrected chi connectivity index (χ3v) is 3.81. The van der Waals surface area contributed by atoms with Gasteiger partial charge in [0.1, 0.15) is 22.9 Å². The van der Waals surface area contributed by atoms with E-state index in [4.69, 9.17) is 16.3 Å². The first kappa shape index (κ1) is 17.6. The maximum absolute atomic E-state index is 10.2. The fourth-order valence-electron chi connectivity index (χ4n) is 2.20. The number of nitrogens with zero attached hydrogens (tertiary/aromatic N) is 2. The fourth-order valence-corrected chi connectivity index (χ4v) is 2.32. The molecule has 0 aliphatic carbocycles. The summed E-state index contributed by atoms with van der Waals surface area (Å²) >= 11 is 5.85. The molecule has 0 aliphatic heterocycles. The number of halogens is 1. The van der Waals surface area contributed by atoms with E-state index < -0.39 is 0 Å². The van der Waals surface area contributed by atoms with Crippen LogP contribution in [-0.2, 0) is 0 Å². The molecule has 0 amide bonds. The van der Waals surface area contributed by atoms with Crippen LogP contribution in [0.25, 0.3) is 0 Å². The Hall–Kier alpha value is -3.25. The average Bonchev–Trinajstić information content (AvgIpc) is 2.65. The number of aromatic hydroxyl groups is 2. The highest BCUT2D eigenvalue weighted by atomic mass is 35.5. The monoisotopic (exact) mass is 369 g/mol. The van der Waals surface area contributed by atoms with Gasteiger partial charge in [0, 0.05) is 22.8 Å². The van der Waals surface area contributed by atoms with Gasteiger partial charge in [-0.3, -0.25) is 0 Å². The minimum Gasteiger partial charge on any atom is -0.506 e. The van der Waals surface area contributed by atoms with E-state index in [9.17, 15) is 10.2 Å². The van der Waals surface area contributed by atoms with Crippen molar-refractivity contribution in [3.63, 3.8) is 0 Å². The SMILES string of the molecule is COc1ccc(N=Nc2cc(O)c(Nc3ccc(Cl)cc3)cc2O)cc1. The van der Waals surface area contributed by atoms with Crippen molar-refractivity contribution in [1.29, 1.82) is 0 Å². The molecular formula is C19H16ClN3O3. The highest BCUT2D eigenvalue weighted by Gasteiger charge is 2.09. The van der Waals surface area contributed by atoms with Crippen molar-refractivity contribution in [2.75, 3.05) is 12.4 Å². The van der Waals surface area contributed by atoms with E-state index in [1.165, 1.54) is 12.1 Å². The fraction of sp³-hybridized carbons (Fsp3) is 0.0526. The van der Waals surface area contributed by atoms with Crippen molar-refractivity contribution in [3.05, 3.63) is 65.7 Å². The highest BCUT2D eigenvalue weighted by molar-refractivity contribution is 6.30. The van der Waals surface area contributed by atoms with Gasteiger partial charge in [-0.05, 0) is 48.5 Å². The van der Waals surface area contributed by atoms with Crippen LogP contribution in [0.15, 0.2) is 70.9 Å². The maximum atomic E-state index is 10.2. The van der Waals surface area contributed by atoms with Crippen LogP contribution in [-0.4, -0.2) is 17.3 Å². The Balaban J connectivity index is 1.79. The molecule has 0 atom stereocenters. The zero-order valence-electron chi connectivity index (χ0n) is 13.8. The largest absolute Gasteiger partial charge is 0.506 e. The minimum atomic E-state index is -0.114. The second kappa shape index (κ2) is 7.76. The topological polar surface area (TPSA) is 86.4 Å². The van der Waals surface area contributed by atoms with Gasteiger partial charge in [0.25, 0.3) is 0 Å². The minimum absolute atomic E-state index is 0.0681. The molecule has 0 saturated heterocycles. The number of ether oxygens (including phenoxy) is 1. The lowest BCUT2D eigenvalue weighted by atomic mass is 10.2. The third-order valence-electron chi connectivity index (χ3n) is 3.56. The summed E-state index contributed by atoms with van der Waals surface area (Å²) in [6.07, 6.45) is 0. The first-order chi connectivity index (χ1) is 12.5. The lowest BCUT2D eigenvalue weighted by Gasteiger charge is -2.10. The number of anilines is 2. The summed E-state index contributed by atoms with van der Waals surface area (Å²) in [5, 5.41) is 32.0. The second-order valence-corrected chi connectivity index (χ2v) is 5.82. The van der Waals surface area contributed by atoms with Crippen LogP contribution in [0.1, 0.15) is 0 Å². The molecular weight excluding hydrogens is 354 g/mol. The maximum Gasteiger partial charge on any atom is 0.145 e. The Morgan fingerprint density at radius 2 is 1.58 bits per heavy atom. The number of azo groups is 1. The molecule has 3 N–H and O–H groups in total. The number of methoxy groups -OCH3 is 1. The van der Waals surface area contributed by atoms with Crippen molar-refractivity contribution in [1.82, 2.24) is 0 Å². The normalized spacial score (nSPS) is 10.8. The number of phenols is 2. The molecule has 132 valence electrons. The summed E-state index contributed by atoms with van der Waals surface area (Å²) in [5.41, 5.74) is 1.80. The Bertz CT molecular complexity index is 926. The van der Waals surface area contributed by atoms with Crippen LogP contribution in [0, 0.1) is 0 Å². The van der Waals surface area contributed by atoms with Gasteiger partial charge < -0.3 is 20.3 Å². The zero-order chi connectivity index (χ0) is 18.5. The predicted octanol–water partition coefficient (Wildman–Crippen LogP) is 5.92. The van der Waals surface area contributed by atoms with Crippen molar-refractivity contribution in [2.45, 2.75) is 0 Å². The van der Waals surface area contributed by atoms with E-state index in [1.807, 2.05) is 0 Å². The summed E-state index contributed by atoms with van der Waals surface area (Å²) < 4.78 is 5.08. The van der Waals surface area contributed by atoms with E-state index in [2.05, 4.69) is 15.5 Å². The molecule has 0 fully saturated rings. The molecule has 0 heterocycles. The zero-order valence-corrected chi connectivity index (χ0v) is 14.6. The molecule has 0 bridgehead atoms.